The summed E-state index contributed by atoms with van der Waals surface area (Å²) in [5.74, 6) is -0.464. The number of methoxy groups -OCH3 is 1. The lowest BCUT2D eigenvalue weighted by atomic mass is 10.1. The van der Waals surface area contributed by atoms with Gasteiger partial charge in [-0.1, -0.05) is 30.3 Å². The lowest BCUT2D eigenvalue weighted by Crippen LogP contribution is -2.48. The molecule has 5 nitrogen and oxygen atoms in total. The van der Waals surface area contributed by atoms with Gasteiger partial charge >= 0.3 is 12.1 Å². The minimum absolute atomic E-state index is 0.136. The predicted molar refractivity (Wildman–Crippen MR) is 75.1 cm³/mol. The molecular weight excluding hydrogens is 258 g/mol. The Kier molecular flexibility index (Phi) is 5.55. The molecule has 110 valence electrons. The van der Waals surface area contributed by atoms with Crippen LogP contribution in [0.3, 0.4) is 0 Å². The molecule has 0 fully saturated rings. The topological polar surface area (TPSA) is 55.8 Å². The molecule has 0 heterocycles. The Morgan fingerprint density at radius 1 is 1.15 bits per heavy atom. The Morgan fingerprint density at radius 2 is 1.75 bits per heavy atom. The van der Waals surface area contributed by atoms with Gasteiger partial charge in [-0.05, 0) is 26.3 Å². The van der Waals surface area contributed by atoms with Crippen LogP contribution in [0.1, 0.15) is 26.3 Å². The highest BCUT2D eigenvalue weighted by Gasteiger charge is 2.29. The number of ether oxygens (including phenoxy) is 2. The molecule has 0 N–H and O–H groups in total. The zero-order chi connectivity index (χ0) is 15.2. The van der Waals surface area contributed by atoms with Crippen molar-refractivity contribution in [3.63, 3.8) is 0 Å². The maximum Gasteiger partial charge on any atom is 0.410 e. The second-order valence-electron chi connectivity index (χ2n) is 5.37. The lowest BCUT2D eigenvalue weighted by molar-refractivity contribution is -0.147. The van der Waals surface area contributed by atoms with Crippen molar-refractivity contribution >= 4 is 12.1 Å². The first-order valence-corrected chi connectivity index (χ1v) is 6.39. The van der Waals surface area contributed by atoms with Gasteiger partial charge in [-0.2, -0.15) is 0 Å². The van der Waals surface area contributed by atoms with E-state index in [4.69, 9.17) is 4.74 Å². The highest BCUT2D eigenvalue weighted by Crippen LogP contribution is 2.14. The summed E-state index contributed by atoms with van der Waals surface area (Å²) in [6.07, 6.45) is -0.547. The smallest absolute Gasteiger partial charge is 0.410 e. The minimum Gasteiger partial charge on any atom is -0.459 e. The van der Waals surface area contributed by atoms with Crippen LogP contribution < -0.4 is 0 Å². The summed E-state index contributed by atoms with van der Waals surface area (Å²) in [4.78, 5) is 24.8. The molecule has 1 rings (SSSR count). The average Bonchev–Trinajstić information content (AvgIpc) is 2.41. The Balaban J connectivity index is 2.57. The van der Waals surface area contributed by atoms with Crippen molar-refractivity contribution in [2.24, 2.45) is 0 Å². The molecule has 0 aromatic heterocycles. The summed E-state index contributed by atoms with van der Waals surface area (Å²) in [5.41, 5.74) is 0.389. The average molecular weight is 279 g/mol. The van der Waals surface area contributed by atoms with Crippen molar-refractivity contribution in [2.45, 2.75) is 32.9 Å². The SMILES string of the molecule is COC(=O)N(CC(=O)OCc1ccccc1)C(C)(C)C. The van der Waals surface area contributed by atoms with E-state index in [0.29, 0.717) is 0 Å². The van der Waals surface area contributed by atoms with Gasteiger partial charge in [0.1, 0.15) is 13.2 Å². The van der Waals surface area contributed by atoms with Crippen molar-refractivity contribution in [3.8, 4) is 0 Å². The zero-order valence-corrected chi connectivity index (χ0v) is 12.4. The largest absolute Gasteiger partial charge is 0.459 e. The quantitative estimate of drug-likeness (QED) is 0.795. The third-order valence-corrected chi connectivity index (χ3v) is 2.73. The molecule has 0 atom stereocenters. The monoisotopic (exact) mass is 279 g/mol. The highest BCUT2D eigenvalue weighted by molar-refractivity contribution is 5.78. The minimum atomic E-state index is -0.547. The van der Waals surface area contributed by atoms with E-state index < -0.39 is 17.6 Å². The van der Waals surface area contributed by atoms with E-state index in [1.165, 1.54) is 12.0 Å². The fourth-order valence-corrected chi connectivity index (χ4v) is 1.60. The maximum absolute atomic E-state index is 11.8. The van der Waals surface area contributed by atoms with E-state index in [9.17, 15) is 9.59 Å². The van der Waals surface area contributed by atoms with E-state index in [2.05, 4.69) is 4.74 Å². The number of carbonyl (C=O) groups excluding carboxylic acids is 2. The van der Waals surface area contributed by atoms with Gasteiger partial charge in [0, 0.05) is 5.54 Å². The first-order chi connectivity index (χ1) is 9.34. The van der Waals surface area contributed by atoms with Crippen LogP contribution >= 0.6 is 0 Å². The molecule has 0 aliphatic carbocycles. The first kappa shape index (κ1) is 16.0. The van der Waals surface area contributed by atoms with Gasteiger partial charge in [0.05, 0.1) is 7.11 Å². The molecule has 1 amide bonds. The van der Waals surface area contributed by atoms with Crippen LogP contribution in [0.25, 0.3) is 0 Å². The van der Waals surface area contributed by atoms with E-state index in [1.54, 1.807) is 0 Å². The fraction of sp³-hybridized carbons (Fsp3) is 0.467. The summed E-state index contributed by atoms with van der Waals surface area (Å²) in [6, 6.07) is 9.38. The number of hydrogen-bond acceptors (Lipinski definition) is 4. The Morgan fingerprint density at radius 3 is 2.25 bits per heavy atom. The number of rotatable bonds is 4. The molecule has 0 spiro atoms. The molecule has 20 heavy (non-hydrogen) atoms. The van der Waals surface area contributed by atoms with Gasteiger partial charge in [0.15, 0.2) is 0 Å². The standard InChI is InChI=1S/C15H21NO4/c1-15(2,3)16(14(18)19-4)10-13(17)20-11-12-8-6-5-7-9-12/h5-9H,10-11H2,1-4H3. The normalized spacial score (nSPS) is 10.8. The van der Waals surface area contributed by atoms with Gasteiger partial charge in [-0.15, -0.1) is 0 Å². The summed E-state index contributed by atoms with van der Waals surface area (Å²) in [7, 11) is 1.29. The van der Waals surface area contributed by atoms with Gasteiger partial charge in [0.25, 0.3) is 0 Å². The molecular formula is C15H21NO4. The van der Waals surface area contributed by atoms with Crippen LogP contribution in [0.5, 0.6) is 0 Å². The highest BCUT2D eigenvalue weighted by atomic mass is 16.5. The number of benzene rings is 1. The zero-order valence-electron chi connectivity index (χ0n) is 12.4. The summed E-state index contributed by atoms with van der Waals surface area (Å²) < 4.78 is 9.84. The molecule has 1 aromatic rings. The molecule has 0 saturated carbocycles. The number of esters is 1. The van der Waals surface area contributed by atoms with Gasteiger partial charge in [-0.25, -0.2) is 4.79 Å². The Bertz CT molecular complexity index is 451. The molecule has 0 aliphatic heterocycles. The van der Waals surface area contributed by atoms with Crippen molar-refractivity contribution in [1.82, 2.24) is 4.90 Å². The van der Waals surface area contributed by atoms with Gasteiger partial charge in [0.2, 0.25) is 0 Å². The Labute approximate surface area is 119 Å². The molecule has 5 heteroatoms. The second-order valence-corrected chi connectivity index (χ2v) is 5.37. The van der Waals surface area contributed by atoms with Crippen molar-refractivity contribution in [2.75, 3.05) is 13.7 Å². The first-order valence-electron chi connectivity index (χ1n) is 6.39. The molecule has 0 aliphatic rings. The summed E-state index contributed by atoms with van der Waals surface area (Å²) in [6.45, 7) is 5.54. The number of nitrogens with zero attached hydrogens (tertiary/aromatic N) is 1. The number of carbonyl (C=O) groups is 2. The van der Waals surface area contributed by atoms with Crippen LogP contribution in [0.2, 0.25) is 0 Å². The van der Waals surface area contributed by atoms with E-state index in [0.717, 1.165) is 5.56 Å². The number of amides is 1. The summed E-state index contributed by atoms with van der Waals surface area (Å²) >= 11 is 0. The number of hydrogen-bond donors (Lipinski definition) is 0. The molecule has 0 unspecified atom stereocenters. The lowest BCUT2D eigenvalue weighted by Gasteiger charge is -2.33. The van der Waals surface area contributed by atoms with Crippen molar-refractivity contribution in [3.05, 3.63) is 35.9 Å². The van der Waals surface area contributed by atoms with Crippen LogP contribution in [-0.2, 0) is 20.9 Å². The van der Waals surface area contributed by atoms with E-state index in [1.807, 2.05) is 51.1 Å². The third-order valence-electron chi connectivity index (χ3n) is 2.73. The van der Waals surface area contributed by atoms with Crippen molar-refractivity contribution in [1.29, 1.82) is 0 Å². The maximum atomic E-state index is 11.8. The van der Waals surface area contributed by atoms with Crippen LogP contribution in [0.15, 0.2) is 30.3 Å². The summed E-state index contributed by atoms with van der Waals surface area (Å²) in [5, 5.41) is 0. The molecule has 1 aromatic carbocycles. The van der Waals surface area contributed by atoms with E-state index in [-0.39, 0.29) is 13.2 Å². The fourth-order valence-electron chi connectivity index (χ4n) is 1.60. The molecule has 0 radical (unpaired) electrons. The van der Waals surface area contributed by atoms with Crippen molar-refractivity contribution < 1.29 is 19.1 Å². The van der Waals surface area contributed by atoms with E-state index >= 15 is 0 Å². The third kappa shape index (κ3) is 4.91. The predicted octanol–water partition coefficient (Wildman–Crippen LogP) is 2.60. The molecule has 0 bridgehead atoms. The second kappa shape index (κ2) is 6.93. The van der Waals surface area contributed by atoms with Crippen LogP contribution in [-0.4, -0.2) is 36.2 Å². The van der Waals surface area contributed by atoms with Crippen LogP contribution in [0.4, 0.5) is 4.79 Å². The Hall–Kier alpha value is -2.04. The van der Waals surface area contributed by atoms with Gasteiger partial charge in [-0.3, -0.25) is 9.69 Å². The van der Waals surface area contributed by atoms with Gasteiger partial charge < -0.3 is 9.47 Å². The molecule has 0 saturated heterocycles. The van der Waals surface area contributed by atoms with Crippen LogP contribution in [0, 0.1) is 0 Å².